The van der Waals surface area contributed by atoms with Crippen LogP contribution in [0.25, 0.3) is 0 Å². The maximum absolute atomic E-state index is 4.44. The van der Waals surface area contributed by atoms with Crippen molar-refractivity contribution in [3.8, 4) is 0 Å². The van der Waals surface area contributed by atoms with E-state index in [1.165, 1.54) is 22.3 Å². The highest BCUT2D eigenvalue weighted by Gasteiger charge is 2.18. The largest absolute Gasteiger partial charge is 0.313 e. The van der Waals surface area contributed by atoms with E-state index in [-0.39, 0.29) is 6.04 Å². The molecule has 1 unspecified atom stereocenters. The molecule has 0 amide bonds. The molecule has 1 aromatic carbocycles. The number of nitrogens with zero attached hydrogens (tertiary/aromatic N) is 3. The van der Waals surface area contributed by atoms with E-state index in [2.05, 4.69) is 55.2 Å². The number of aromatic nitrogens is 3. The Hall–Kier alpha value is -1.68. The van der Waals surface area contributed by atoms with Crippen LogP contribution in [0, 0.1) is 20.8 Å². The predicted molar refractivity (Wildman–Crippen MR) is 86.5 cm³/mol. The summed E-state index contributed by atoms with van der Waals surface area (Å²) in [5, 5.41) is 7.77. The van der Waals surface area contributed by atoms with Crippen molar-refractivity contribution in [1.82, 2.24) is 20.1 Å². The zero-order valence-corrected chi connectivity index (χ0v) is 13.8. The molecule has 1 atom stereocenters. The topological polar surface area (TPSA) is 42.7 Å². The third-order valence-electron chi connectivity index (χ3n) is 3.95. The van der Waals surface area contributed by atoms with Crippen molar-refractivity contribution in [3.05, 3.63) is 46.5 Å². The maximum Gasteiger partial charge on any atom is 0.138 e. The summed E-state index contributed by atoms with van der Waals surface area (Å²) >= 11 is 0. The Labute approximate surface area is 127 Å². The fraction of sp³-hybridized carbons (Fsp3) is 0.529. The van der Waals surface area contributed by atoms with Gasteiger partial charge in [0.2, 0.25) is 0 Å². The van der Waals surface area contributed by atoms with E-state index in [9.17, 15) is 0 Å². The molecule has 0 fully saturated rings. The summed E-state index contributed by atoms with van der Waals surface area (Å²) in [5.41, 5.74) is 5.38. The molecule has 0 bridgehead atoms. The number of benzene rings is 1. The number of likely N-dealkylation sites (N-methyl/N-ethyl adjacent to an activating group) is 1. The molecule has 0 spiro atoms. The first kappa shape index (κ1) is 15.7. The Morgan fingerprint density at radius 2 is 1.86 bits per heavy atom. The summed E-state index contributed by atoms with van der Waals surface area (Å²) in [4.78, 5) is 4.44. The van der Waals surface area contributed by atoms with Gasteiger partial charge in [-0.25, -0.2) is 4.98 Å². The highest BCUT2D eigenvalue weighted by molar-refractivity contribution is 5.40. The van der Waals surface area contributed by atoms with Crippen LogP contribution in [0.4, 0.5) is 0 Å². The van der Waals surface area contributed by atoms with E-state index < -0.39 is 0 Å². The van der Waals surface area contributed by atoms with E-state index in [1.807, 2.05) is 11.7 Å². The normalized spacial score (nSPS) is 12.6. The average molecular weight is 286 g/mol. The Kier molecular flexibility index (Phi) is 5.12. The minimum absolute atomic E-state index is 0.269. The molecule has 0 saturated carbocycles. The SMILES string of the molecule is CCCn1ncnc1CC(NC)c1c(C)cc(C)cc1C. The fourth-order valence-electron chi connectivity index (χ4n) is 3.12. The van der Waals surface area contributed by atoms with E-state index in [0.29, 0.717) is 0 Å². The second-order valence-electron chi connectivity index (χ2n) is 5.76. The lowest BCUT2D eigenvalue weighted by molar-refractivity contribution is 0.514. The Morgan fingerprint density at radius 3 is 2.43 bits per heavy atom. The molecule has 0 aliphatic rings. The van der Waals surface area contributed by atoms with E-state index in [4.69, 9.17) is 0 Å². The molecule has 4 heteroatoms. The molecule has 0 saturated heterocycles. The van der Waals surface area contributed by atoms with Gasteiger partial charge in [0, 0.05) is 19.0 Å². The summed E-state index contributed by atoms with van der Waals surface area (Å²) < 4.78 is 2.02. The third kappa shape index (κ3) is 3.50. The smallest absolute Gasteiger partial charge is 0.138 e. The van der Waals surface area contributed by atoms with Gasteiger partial charge < -0.3 is 5.32 Å². The summed E-state index contributed by atoms with van der Waals surface area (Å²) in [5.74, 6) is 1.05. The summed E-state index contributed by atoms with van der Waals surface area (Å²) in [7, 11) is 2.02. The highest BCUT2D eigenvalue weighted by atomic mass is 15.3. The van der Waals surface area contributed by atoms with Crippen molar-refractivity contribution in [2.24, 2.45) is 0 Å². The zero-order chi connectivity index (χ0) is 15.4. The monoisotopic (exact) mass is 286 g/mol. The minimum atomic E-state index is 0.269. The average Bonchev–Trinajstić information content (AvgIpc) is 2.84. The molecule has 1 aromatic heterocycles. The molecule has 0 aliphatic heterocycles. The van der Waals surface area contributed by atoms with Crippen LogP contribution in [0.1, 0.15) is 47.5 Å². The van der Waals surface area contributed by atoms with Gasteiger partial charge in [0.1, 0.15) is 12.2 Å². The summed E-state index contributed by atoms with van der Waals surface area (Å²) in [6.07, 6.45) is 3.59. The van der Waals surface area contributed by atoms with Crippen LogP contribution in [-0.2, 0) is 13.0 Å². The van der Waals surface area contributed by atoms with Gasteiger partial charge in [-0.1, -0.05) is 24.6 Å². The van der Waals surface area contributed by atoms with Crippen molar-refractivity contribution in [1.29, 1.82) is 0 Å². The maximum atomic E-state index is 4.44. The zero-order valence-electron chi connectivity index (χ0n) is 13.8. The molecular formula is C17H26N4. The molecule has 4 nitrogen and oxygen atoms in total. The summed E-state index contributed by atoms with van der Waals surface area (Å²) in [6, 6.07) is 4.78. The fourth-order valence-corrected chi connectivity index (χ4v) is 3.12. The molecule has 0 aliphatic carbocycles. The van der Waals surface area contributed by atoms with Gasteiger partial charge in [-0.05, 0) is 50.9 Å². The van der Waals surface area contributed by atoms with Crippen molar-refractivity contribution in [2.75, 3.05) is 7.05 Å². The summed E-state index contributed by atoms with van der Waals surface area (Å²) in [6.45, 7) is 9.62. The quantitative estimate of drug-likeness (QED) is 0.887. The van der Waals surface area contributed by atoms with Crippen LogP contribution >= 0.6 is 0 Å². The predicted octanol–water partition coefficient (Wildman–Crippen LogP) is 3.12. The molecule has 2 rings (SSSR count). The second kappa shape index (κ2) is 6.85. The van der Waals surface area contributed by atoms with Crippen LogP contribution < -0.4 is 5.32 Å². The van der Waals surface area contributed by atoms with E-state index in [1.54, 1.807) is 6.33 Å². The van der Waals surface area contributed by atoms with Crippen molar-refractivity contribution < 1.29 is 0 Å². The van der Waals surface area contributed by atoms with E-state index in [0.717, 1.165) is 25.2 Å². The first-order valence-corrected chi connectivity index (χ1v) is 7.68. The van der Waals surface area contributed by atoms with Gasteiger partial charge in [0.05, 0.1) is 0 Å². The third-order valence-corrected chi connectivity index (χ3v) is 3.95. The number of nitrogens with one attached hydrogen (secondary N) is 1. The van der Waals surface area contributed by atoms with Crippen molar-refractivity contribution in [2.45, 2.75) is 53.1 Å². The molecule has 1 N–H and O–H groups in total. The highest BCUT2D eigenvalue weighted by Crippen LogP contribution is 2.25. The van der Waals surface area contributed by atoms with Gasteiger partial charge in [-0.15, -0.1) is 0 Å². The molecule has 21 heavy (non-hydrogen) atoms. The number of rotatable bonds is 6. The van der Waals surface area contributed by atoms with Crippen molar-refractivity contribution >= 4 is 0 Å². The number of hydrogen-bond acceptors (Lipinski definition) is 3. The van der Waals surface area contributed by atoms with Gasteiger partial charge >= 0.3 is 0 Å². The van der Waals surface area contributed by atoms with Gasteiger partial charge in [0.25, 0.3) is 0 Å². The van der Waals surface area contributed by atoms with E-state index >= 15 is 0 Å². The Bertz CT molecular complexity index is 578. The molecule has 2 aromatic rings. The van der Waals surface area contributed by atoms with Crippen LogP contribution in [-0.4, -0.2) is 21.8 Å². The Morgan fingerprint density at radius 1 is 1.19 bits per heavy atom. The van der Waals surface area contributed by atoms with Crippen LogP contribution in [0.15, 0.2) is 18.5 Å². The Balaban J connectivity index is 2.30. The lowest BCUT2D eigenvalue weighted by atomic mass is 9.92. The van der Waals surface area contributed by atoms with Crippen LogP contribution in [0.5, 0.6) is 0 Å². The van der Waals surface area contributed by atoms with Crippen LogP contribution in [0.2, 0.25) is 0 Å². The molecule has 1 heterocycles. The molecule has 114 valence electrons. The lowest BCUT2D eigenvalue weighted by Crippen LogP contribution is -2.23. The van der Waals surface area contributed by atoms with Gasteiger partial charge in [0.15, 0.2) is 0 Å². The first-order chi connectivity index (χ1) is 10.1. The lowest BCUT2D eigenvalue weighted by Gasteiger charge is -2.21. The first-order valence-electron chi connectivity index (χ1n) is 7.68. The van der Waals surface area contributed by atoms with Crippen LogP contribution in [0.3, 0.4) is 0 Å². The molecule has 0 radical (unpaired) electrons. The van der Waals surface area contributed by atoms with Gasteiger partial charge in [-0.2, -0.15) is 5.10 Å². The molecular weight excluding hydrogens is 260 g/mol. The number of hydrogen-bond donors (Lipinski definition) is 1. The van der Waals surface area contributed by atoms with Crippen molar-refractivity contribution in [3.63, 3.8) is 0 Å². The van der Waals surface area contributed by atoms with Gasteiger partial charge in [-0.3, -0.25) is 4.68 Å². The minimum Gasteiger partial charge on any atom is -0.313 e. The second-order valence-corrected chi connectivity index (χ2v) is 5.76. The standard InChI is InChI=1S/C17H26N4/c1-6-7-21-16(19-11-20-21)10-15(18-5)17-13(3)8-12(2)9-14(17)4/h8-9,11,15,18H,6-7,10H2,1-5H3. The number of aryl methyl sites for hydroxylation is 4.